The molecule has 6 heteroatoms. The Morgan fingerprint density at radius 2 is 1.37 bits per heavy atom. The molecule has 35 heavy (non-hydrogen) atoms. The van der Waals surface area contributed by atoms with Crippen molar-refractivity contribution in [3.63, 3.8) is 0 Å². The first-order valence-electron chi connectivity index (χ1n) is 11.0. The van der Waals surface area contributed by atoms with Crippen molar-refractivity contribution in [2.75, 3.05) is 13.1 Å². The Labute approximate surface area is 211 Å². The lowest BCUT2D eigenvalue weighted by atomic mass is 9.94. The fourth-order valence-corrected chi connectivity index (χ4v) is 4.26. The summed E-state index contributed by atoms with van der Waals surface area (Å²) in [6.07, 6.45) is 7.00. The molecule has 1 aliphatic rings. The lowest BCUT2D eigenvalue weighted by Gasteiger charge is -2.30. The predicted molar refractivity (Wildman–Crippen MR) is 138 cm³/mol. The monoisotopic (exact) mass is 533 g/mol. The van der Waals surface area contributed by atoms with E-state index in [2.05, 4.69) is 15.9 Å². The molecule has 0 saturated carbocycles. The highest BCUT2D eigenvalue weighted by molar-refractivity contribution is 9.10. The number of piperidine rings is 1. The third kappa shape index (κ3) is 6.70. The van der Waals surface area contributed by atoms with Crippen LogP contribution in [0.4, 0.5) is 8.78 Å². The van der Waals surface area contributed by atoms with Gasteiger partial charge in [0.2, 0.25) is 5.91 Å². The van der Waals surface area contributed by atoms with Crippen LogP contribution in [0.3, 0.4) is 0 Å². The minimum absolute atomic E-state index is 0.111. The molecule has 3 aromatic rings. The van der Waals surface area contributed by atoms with E-state index in [9.17, 15) is 18.4 Å². The van der Waals surface area contributed by atoms with Crippen molar-refractivity contribution in [3.05, 3.63) is 123 Å². The molecular weight excluding hydrogens is 512 g/mol. The number of ketones is 1. The van der Waals surface area contributed by atoms with E-state index >= 15 is 0 Å². The maximum Gasteiger partial charge on any atom is 0.226 e. The number of likely N-dealkylation sites (tertiary alicyclic amines) is 1. The van der Waals surface area contributed by atoms with Crippen molar-refractivity contribution in [2.24, 2.45) is 0 Å². The van der Waals surface area contributed by atoms with Gasteiger partial charge in [-0.25, -0.2) is 8.78 Å². The van der Waals surface area contributed by atoms with Gasteiger partial charge in [-0.1, -0.05) is 64.5 Å². The molecule has 0 atom stereocenters. The molecule has 1 fully saturated rings. The lowest BCUT2D eigenvalue weighted by Crippen LogP contribution is -2.41. The van der Waals surface area contributed by atoms with Crippen molar-refractivity contribution in [3.8, 4) is 0 Å². The summed E-state index contributed by atoms with van der Waals surface area (Å²) in [7, 11) is 0. The summed E-state index contributed by atoms with van der Waals surface area (Å²) < 4.78 is 28.3. The fourth-order valence-electron chi connectivity index (χ4n) is 3.85. The molecule has 0 aliphatic carbocycles. The van der Waals surface area contributed by atoms with E-state index in [1.54, 1.807) is 47.4 Å². The van der Waals surface area contributed by atoms with Gasteiger partial charge in [-0.2, -0.15) is 0 Å². The van der Waals surface area contributed by atoms with Gasteiger partial charge in [0.25, 0.3) is 0 Å². The molecule has 3 aromatic carbocycles. The predicted octanol–water partition coefficient (Wildman–Crippen LogP) is 6.71. The van der Waals surface area contributed by atoms with Gasteiger partial charge in [0.15, 0.2) is 5.78 Å². The molecule has 1 aliphatic heterocycles. The summed E-state index contributed by atoms with van der Waals surface area (Å²) in [5.41, 5.74) is 2.76. The van der Waals surface area contributed by atoms with Gasteiger partial charge in [0, 0.05) is 35.1 Å². The van der Waals surface area contributed by atoms with Gasteiger partial charge >= 0.3 is 0 Å². The van der Waals surface area contributed by atoms with Crippen molar-refractivity contribution in [1.82, 2.24) is 4.90 Å². The van der Waals surface area contributed by atoms with Crippen LogP contribution in [-0.2, 0) is 9.59 Å². The number of hydrogen-bond donors (Lipinski definition) is 0. The number of Topliss-reactive ketones (excluding diaryl/α,β-unsaturated/α-hetero) is 1. The van der Waals surface area contributed by atoms with E-state index in [1.807, 2.05) is 30.3 Å². The number of nitrogens with zero attached hydrogens (tertiary/aromatic N) is 1. The van der Waals surface area contributed by atoms with Crippen LogP contribution in [0.1, 0.15) is 23.1 Å². The Hall–Kier alpha value is -3.64. The standard InChI is InChI=1S/C29H22BrF2NO2/c30-25-9-1-5-20(15-25)6-4-12-28(34)33-18-23(13-21-7-2-10-26(31)16-21)29(35)24(19-33)14-22-8-3-11-27(32)17-22/h1-11,13-17H,12,18-19H2/b6-4?,23-13+,24-14?. The molecular formula is C29H22BrF2NO2. The molecule has 0 bridgehead atoms. The highest BCUT2D eigenvalue weighted by Gasteiger charge is 2.28. The van der Waals surface area contributed by atoms with Gasteiger partial charge in [-0.3, -0.25) is 9.59 Å². The molecule has 0 N–H and O–H groups in total. The van der Waals surface area contributed by atoms with Gasteiger partial charge < -0.3 is 4.90 Å². The maximum atomic E-state index is 13.7. The third-order valence-electron chi connectivity index (χ3n) is 5.49. The van der Waals surface area contributed by atoms with Crippen LogP contribution in [0.5, 0.6) is 0 Å². The molecule has 4 rings (SSSR count). The number of rotatable bonds is 5. The molecule has 176 valence electrons. The number of benzene rings is 3. The van der Waals surface area contributed by atoms with Crippen LogP contribution in [-0.4, -0.2) is 29.7 Å². The summed E-state index contributed by atoms with van der Waals surface area (Å²) in [5, 5.41) is 0. The summed E-state index contributed by atoms with van der Waals surface area (Å²) >= 11 is 3.43. The first-order chi connectivity index (χ1) is 16.9. The number of amides is 1. The minimum Gasteiger partial charge on any atom is -0.333 e. The topological polar surface area (TPSA) is 37.4 Å². The van der Waals surface area contributed by atoms with E-state index in [4.69, 9.17) is 0 Å². The molecule has 1 saturated heterocycles. The molecule has 0 spiro atoms. The van der Waals surface area contributed by atoms with Crippen LogP contribution >= 0.6 is 15.9 Å². The second-order valence-corrected chi connectivity index (χ2v) is 9.11. The van der Waals surface area contributed by atoms with Gasteiger partial charge in [0.05, 0.1) is 0 Å². The van der Waals surface area contributed by atoms with Crippen LogP contribution in [0.2, 0.25) is 0 Å². The summed E-state index contributed by atoms with van der Waals surface area (Å²) in [6.45, 7) is 0.221. The molecule has 1 amide bonds. The van der Waals surface area contributed by atoms with Crippen molar-refractivity contribution >= 4 is 45.8 Å². The molecule has 3 nitrogen and oxygen atoms in total. The average Bonchev–Trinajstić information content (AvgIpc) is 2.81. The largest absolute Gasteiger partial charge is 0.333 e. The summed E-state index contributed by atoms with van der Waals surface area (Å²) in [5.74, 6) is -1.22. The number of carbonyl (C=O) groups is 2. The third-order valence-corrected chi connectivity index (χ3v) is 5.98. The quantitative estimate of drug-likeness (QED) is 0.342. The molecule has 0 radical (unpaired) electrons. The zero-order valence-corrected chi connectivity index (χ0v) is 20.3. The molecule has 1 heterocycles. The van der Waals surface area contributed by atoms with Crippen molar-refractivity contribution in [1.29, 1.82) is 0 Å². The number of carbonyl (C=O) groups excluding carboxylic acids is 2. The Kier molecular flexibility index (Phi) is 7.83. The average molecular weight is 534 g/mol. The zero-order valence-electron chi connectivity index (χ0n) is 18.8. The van der Waals surface area contributed by atoms with Crippen LogP contribution in [0.15, 0.2) is 94.5 Å². The van der Waals surface area contributed by atoms with E-state index in [0.717, 1.165) is 10.0 Å². The summed E-state index contributed by atoms with van der Waals surface area (Å²) in [4.78, 5) is 27.9. The zero-order chi connectivity index (χ0) is 24.8. The lowest BCUT2D eigenvalue weighted by molar-refractivity contribution is -0.130. The number of hydrogen-bond acceptors (Lipinski definition) is 2. The van der Waals surface area contributed by atoms with Crippen LogP contribution < -0.4 is 0 Å². The Balaban J connectivity index is 1.60. The van der Waals surface area contributed by atoms with Gasteiger partial charge in [-0.05, 0) is 65.2 Å². The fraction of sp³-hybridized carbons (Fsp3) is 0.103. The first-order valence-corrected chi connectivity index (χ1v) is 11.8. The first kappa shape index (κ1) is 24.5. The Morgan fingerprint density at radius 3 is 1.91 bits per heavy atom. The highest BCUT2D eigenvalue weighted by atomic mass is 79.9. The summed E-state index contributed by atoms with van der Waals surface area (Å²) in [6, 6.07) is 19.5. The number of halogens is 3. The van der Waals surface area contributed by atoms with Crippen LogP contribution in [0.25, 0.3) is 18.2 Å². The van der Waals surface area contributed by atoms with E-state index < -0.39 is 11.6 Å². The van der Waals surface area contributed by atoms with Crippen molar-refractivity contribution < 1.29 is 18.4 Å². The second-order valence-electron chi connectivity index (χ2n) is 8.19. The van der Waals surface area contributed by atoms with E-state index in [-0.39, 0.29) is 31.2 Å². The Morgan fingerprint density at radius 1 is 0.829 bits per heavy atom. The Bertz CT molecular complexity index is 1290. The van der Waals surface area contributed by atoms with Crippen molar-refractivity contribution in [2.45, 2.75) is 6.42 Å². The van der Waals surface area contributed by atoms with Gasteiger partial charge in [-0.15, -0.1) is 0 Å². The highest BCUT2D eigenvalue weighted by Crippen LogP contribution is 2.23. The normalized spacial score (nSPS) is 16.4. The minimum atomic E-state index is -0.413. The van der Waals surface area contributed by atoms with Gasteiger partial charge in [0.1, 0.15) is 11.6 Å². The smallest absolute Gasteiger partial charge is 0.226 e. The van der Waals surface area contributed by atoms with E-state index in [0.29, 0.717) is 22.3 Å². The SMILES string of the molecule is O=C1C(=Cc2cccc(F)c2)CN(C(=O)CC=Cc2cccc(Br)c2)C/C1=C\c1cccc(F)c1. The van der Waals surface area contributed by atoms with E-state index in [1.165, 1.54) is 24.3 Å². The second kappa shape index (κ2) is 11.2. The maximum absolute atomic E-state index is 13.7. The van der Waals surface area contributed by atoms with Crippen LogP contribution in [0, 0.1) is 11.6 Å². The molecule has 0 aromatic heterocycles. The molecule has 0 unspecified atom stereocenters.